The SMILES string of the molecule is CCC(=O)N1CC2C=NCC2C1. The van der Waals surface area contributed by atoms with Crippen LogP contribution in [-0.2, 0) is 4.79 Å². The van der Waals surface area contributed by atoms with Crippen molar-refractivity contribution >= 4 is 12.1 Å². The fourth-order valence-electron chi connectivity index (χ4n) is 2.02. The van der Waals surface area contributed by atoms with Crippen LogP contribution in [0, 0.1) is 11.8 Å². The molecule has 0 aromatic carbocycles. The van der Waals surface area contributed by atoms with Crippen molar-refractivity contribution < 1.29 is 4.79 Å². The Labute approximate surface area is 72.5 Å². The van der Waals surface area contributed by atoms with Crippen LogP contribution in [0.1, 0.15) is 13.3 Å². The van der Waals surface area contributed by atoms with E-state index in [2.05, 4.69) is 4.99 Å². The number of hydrogen-bond donors (Lipinski definition) is 0. The van der Waals surface area contributed by atoms with Crippen LogP contribution in [0.15, 0.2) is 4.99 Å². The normalized spacial score (nSPS) is 32.6. The molecule has 2 atom stereocenters. The second-order valence-corrected chi connectivity index (χ2v) is 3.59. The molecule has 2 unspecified atom stereocenters. The van der Waals surface area contributed by atoms with Gasteiger partial charge in [-0.2, -0.15) is 0 Å². The van der Waals surface area contributed by atoms with E-state index in [9.17, 15) is 4.79 Å². The summed E-state index contributed by atoms with van der Waals surface area (Å²) in [7, 11) is 0. The Morgan fingerprint density at radius 1 is 1.67 bits per heavy atom. The summed E-state index contributed by atoms with van der Waals surface area (Å²) in [6.07, 6.45) is 2.66. The van der Waals surface area contributed by atoms with Gasteiger partial charge >= 0.3 is 0 Å². The molecule has 0 aliphatic carbocycles. The minimum absolute atomic E-state index is 0.290. The van der Waals surface area contributed by atoms with Crippen LogP contribution in [-0.4, -0.2) is 36.7 Å². The molecule has 3 heteroatoms. The zero-order valence-corrected chi connectivity index (χ0v) is 7.36. The number of amides is 1. The van der Waals surface area contributed by atoms with E-state index >= 15 is 0 Å². The molecule has 12 heavy (non-hydrogen) atoms. The molecular formula is C9H14N2O. The highest BCUT2D eigenvalue weighted by molar-refractivity contribution is 5.77. The van der Waals surface area contributed by atoms with Gasteiger partial charge in [-0.1, -0.05) is 6.92 Å². The Balaban J connectivity index is 1.98. The number of carbonyl (C=O) groups excluding carboxylic acids is 1. The summed E-state index contributed by atoms with van der Waals surface area (Å²) >= 11 is 0. The number of rotatable bonds is 1. The Morgan fingerprint density at radius 2 is 2.50 bits per heavy atom. The Bertz CT molecular complexity index is 225. The van der Waals surface area contributed by atoms with Crippen LogP contribution in [0.3, 0.4) is 0 Å². The van der Waals surface area contributed by atoms with Gasteiger partial charge in [-0.25, -0.2) is 0 Å². The molecule has 2 heterocycles. The highest BCUT2D eigenvalue weighted by atomic mass is 16.2. The average Bonchev–Trinajstić information content (AvgIpc) is 2.60. The summed E-state index contributed by atoms with van der Waals surface area (Å²) in [6.45, 7) is 4.68. The molecule has 1 amide bonds. The Hall–Kier alpha value is -0.860. The molecule has 0 bridgehead atoms. The fourth-order valence-corrected chi connectivity index (χ4v) is 2.02. The third-order valence-electron chi connectivity index (χ3n) is 2.78. The summed E-state index contributed by atoms with van der Waals surface area (Å²) in [6, 6.07) is 0. The number of likely N-dealkylation sites (tertiary alicyclic amines) is 1. The van der Waals surface area contributed by atoms with E-state index in [0.29, 0.717) is 18.3 Å². The molecule has 0 aromatic heterocycles. The largest absolute Gasteiger partial charge is 0.342 e. The summed E-state index contributed by atoms with van der Waals surface area (Å²) < 4.78 is 0. The Kier molecular flexibility index (Phi) is 1.87. The topological polar surface area (TPSA) is 32.7 Å². The summed E-state index contributed by atoms with van der Waals surface area (Å²) in [5.41, 5.74) is 0. The van der Waals surface area contributed by atoms with Crippen molar-refractivity contribution in [3.8, 4) is 0 Å². The molecule has 2 aliphatic heterocycles. The number of carbonyl (C=O) groups is 1. The lowest BCUT2D eigenvalue weighted by molar-refractivity contribution is -0.129. The van der Waals surface area contributed by atoms with Gasteiger partial charge in [0.1, 0.15) is 0 Å². The van der Waals surface area contributed by atoms with E-state index in [-0.39, 0.29) is 5.91 Å². The van der Waals surface area contributed by atoms with Crippen LogP contribution in [0.4, 0.5) is 0 Å². The average molecular weight is 166 g/mol. The van der Waals surface area contributed by atoms with Gasteiger partial charge in [0.05, 0.1) is 0 Å². The van der Waals surface area contributed by atoms with Gasteiger partial charge < -0.3 is 4.90 Å². The van der Waals surface area contributed by atoms with Crippen LogP contribution in [0.2, 0.25) is 0 Å². The van der Waals surface area contributed by atoms with Gasteiger partial charge in [0.2, 0.25) is 5.91 Å². The summed E-state index contributed by atoms with van der Waals surface area (Å²) in [4.78, 5) is 17.5. The maximum atomic E-state index is 11.3. The predicted molar refractivity (Wildman–Crippen MR) is 47.2 cm³/mol. The third kappa shape index (κ3) is 1.13. The predicted octanol–water partition coefficient (Wildman–Crippen LogP) is 0.555. The van der Waals surface area contributed by atoms with E-state index in [1.807, 2.05) is 18.0 Å². The number of aliphatic imine (C=N–C) groups is 1. The molecule has 66 valence electrons. The molecule has 0 N–H and O–H groups in total. The van der Waals surface area contributed by atoms with Gasteiger partial charge in [0.15, 0.2) is 0 Å². The quantitative estimate of drug-likeness (QED) is 0.560. The minimum Gasteiger partial charge on any atom is -0.342 e. The molecule has 2 aliphatic rings. The van der Waals surface area contributed by atoms with E-state index in [1.54, 1.807) is 0 Å². The smallest absolute Gasteiger partial charge is 0.222 e. The van der Waals surface area contributed by atoms with E-state index < -0.39 is 0 Å². The summed E-state index contributed by atoms with van der Waals surface area (Å²) in [5, 5.41) is 0. The monoisotopic (exact) mass is 166 g/mol. The summed E-state index contributed by atoms with van der Waals surface area (Å²) in [5.74, 6) is 1.47. The molecule has 1 fully saturated rings. The zero-order chi connectivity index (χ0) is 8.55. The maximum Gasteiger partial charge on any atom is 0.222 e. The van der Waals surface area contributed by atoms with Crippen LogP contribution < -0.4 is 0 Å². The second-order valence-electron chi connectivity index (χ2n) is 3.59. The molecular weight excluding hydrogens is 152 g/mol. The first kappa shape index (κ1) is 7.77. The molecule has 3 nitrogen and oxygen atoms in total. The van der Waals surface area contributed by atoms with E-state index in [1.165, 1.54) is 0 Å². The number of nitrogens with zero attached hydrogens (tertiary/aromatic N) is 2. The second kappa shape index (κ2) is 2.88. The molecule has 0 saturated carbocycles. The Morgan fingerprint density at radius 3 is 3.17 bits per heavy atom. The van der Waals surface area contributed by atoms with Crippen LogP contribution in [0.5, 0.6) is 0 Å². The van der Waals surface area contributed by atoms with Gasteiger partial charge in [-0.15, -0.1) is 0 Å². The standard InChI is InChI=1S/C9H14N2O/c1-2-9(12)11-5-7-3-10-4-8(7)6-11/h3,7-8H,2,4-6H2,1H3. The van der Waals surface area contributed by atoms with Gasteiger partial charge in [0, 0.05) is 44.1 Å². The lowest BCUT2D eigenvalue weighted by Crippen LogP contribution is -2.28. The zero-order valence-electron chi connectivity index (χ0n) is 7.36. The van der Waals surface area contributed by atoms with Crippen molar-refractivity contribution in [2.45, 2.75) is 13.3 Å². The van der Waals surface area contributed by atoms with Gasteiger partial charge in [0.25, 0.3) is 0 Å². The van der Waals surface area contributed by atoms with Gasteiger partial charge in [-0.05, 0) is 0 Å². The van der Waals surface area contributed by atoms with E-state index in [0.717, 1.165) is 19.6 Å². The first-order valence-corrected chi connectivity index (χ1v) is 4.59. The van der Waals surface area contributed by atoms with Crippen molar-refractivity contribution in [1.29, 1.82) is 0 Å². The molecule has 0 aromatic rings. The van der Waals surface area contributed by atoms with Crippen LogP contribution in [0.25, 0.3) is 0 Å². The fraction of sp³-hybridized carbons (Fsp3) is 0.778. The lowest BCUT2D eigenvalue weighted by Gasteiger charge is -2.14. The number of fused-ring (bicyclic) bond motifs is 1. The highest BCUT2D eigenvalue weighted by Gasteiger charge is 2.35. The van der Waals surface area contributed by atoms with Crippen molar-refractivity contribution in [3.63, 3.8) is 0 Å². The van der Waals surface area contributed by atoms with Crippen molar-refractivity contribution in [2.75, 3.05) is 19.6 Å². The van der Waals surface area contributed by atoms with Crippen molar-refractivity contribution in [3.05, 3.63) is 0 Å². The van der Waals surface area contributed by atoms with Gasteiger partial charge in [-0.3, -0.25) is 9.79 Å². The lowest BCUT2D eigenvalue weighted by atomic mass is 10.0. The first-order valence-electron chi connectivity index (χ1n) is 4.59. The van der Waals surface area contributed by atoms with E-state index in [4.69, 9.17) is 0 Å². The van der Waals surface area contributed by atoms with Crippen molar-refractivity contribution in [1.82, 2.24) is 4.90 Å². The molecule has 2 rings (SSSR count). The third-order valence-corrected chi connectivity index (χ3v) is 2.78. The molecule has 1 saturated heterocycles. The maximum absolute atomic E-state index is 11.3. The molecule has 0 radical (unpaired) electrons. The number of hydrogen-bond acceptors (Lipinski definition) is 2. The first-order chi connectivity index (χ1) is 5.81. The minimum atomic E-state index is 0.290. The van der Waals surface area contributed by atoms with Crippen molar-refractivity contribution in [2.24, 2.45) is 16.8 Å². The highest BCUT2D eigenvalue weighted by Crippen LogP contribution is 2.26. The van der Waals surface area contributed by atoms with Crippen LogP contribution >= 0.6 is 0 Å². The molecule has 0 spiro atoms.